The van der Waals surface area contributed by atoms with Crippen LogP contribution in [0.3, 0.4) is 0 Å². The maximum atomic E-state index is 12.5. The molecule has 1 fully saturated rings. The monoisotopic (exact) mass is 298 g/mol. The zero-order valence-corrected chi connectivity index (χ0v) is 13.6. The lowest BCUT2D eigenvalue weighted by Crippen LogP contribution is -2.32. The number of amides is 1. The number of para-hydroxylation sites is 1. The summed E-state index contributed by atoms with van der Waals surface area (Å²) in [6.07, 6.45) is 6.47. The number of hydrogen-bond acceptors (Lipinski definition) is 1. The number of aromatic nitrogens is 1. The van der Waals surface area contributed by atoms with E-state index in [1.54, 1.807) is 0 Å². The highest BCUT2D eigenvalue weighted by Crippen LogP contribution is 2.30. The molecule has 1 saturated carbocycles. The number of hydrogen-bond donors (Lipinski definition) is 1. The lowest BCUT2D eigenvalue weighted by atomic mass is 9.81. The summed E-state index contributed by atoms with van der Waals surface area (Å²) in [4.78, 5) is 12.5. The van der Waals surface area contributed by atoms with Crippen LogP contribution in [-0.2, 0) is 7.05 Å². The summed E-state index contributed by atoms with van der Waals surface area (Å²) < 4.78 is 1.98. The minimum absolute atomic E-state index is 0.0521. The van der Waals surface area contributed by atoms with Crippen LogP contribution in [-0.4, -0.2) is 17.0 Å². The van der Waals surface area contributed by atoms with E-state index in [1.165, 1.54) is 32.1 Å². The second-order valence-electron chi connectivity index (χ2n) is 6.65. The zero-order chi connectivity index (χ0) is 15.5. The van der Waals surface area contributed by atoms with Crippen LogP contribution in [0.25, 0.3) is 10.9 Å². The Morgan fingerprint density at radius 2 is 1.86 bits per heavy atom. The highest BCUT2D eigenvalue weighted by molar-refractivity contribution is 5.98. The largest absolute Gasteiger partial charge is 0.350 e. The highest BCUT2D eigenvalue weighted by Gasteiger charge is 2.21. The Hall–Kier alpha value is -1.77. The normalized spacial score (nSPS) is 21.9. The third-order valence-electron chi connectivity index (χ3n) is 5.28. The van der Waals surface area contributed by atoms with Gasteiger partial charge in [0.05, 0.1) is 0 Å². The summed E-state index contributed by atoms with van der Waals surface area (Å²) in [6, 6.07) is 10.1. The number of nitrogens with one attached hydrogen (secondary N) is 1. The predicted octanol–water partition coefficient (Wildman–Crippen LogP) is 4.12. The van der Waals surface area contributed by atoms with E-state index >= 15 is 0 Å². The second-order valence-corrected chi connectivity index (χ2v) is 6.65. The van der Waals surface area contributed by atoms with Gasteiger partial charge in [0.15, 0.2) is 0 Å². The molecule has 1 aromatic carbocycles. The fourth-order valence-corrected chi connectivity index (χ4v) is 3.68. The second kappa shape index (κ2) is 6.55. The molecule has 1 aromatic heterocycles. The van der Waals surface area contributed by atoms with E-state index < -0.39 is 0 Å². The molecule has 3 nitrogen and oxygen atoms in total. The molecule has 1 aliphatic rings. The lowest BCUT2D eigenvalue weighted by Gasteiger charge is -2.27. The molecular weight excluding hydrogens is 272 g/mol. The number of aryl methyl sites for hydroxylation is 1. The molecule has 1 aliphatic carbocycles. The summed E-state index contributed by atoms with van der Waals surface area (Å²) in [6.45, 7) is 3.10. The number of carbonyl (C=O) groups is 1. The van der Waals surface area contributed by atoms with E-state index in [-0.39, 0.29) is 5.91 Å². The van der Waals surface area contributed by atoms with E-state index in [1.807, 2.05) is 29.8 Å². The molecule has 1 N–H and O–H groups in total. The van der Waals surface area contributed by atoms with Gasteiger partial charge in [-0.25, -0.2) is 0 Å². The molecule has 1 heterocycles. The van der Waals surface area contributed by atoms with Crippen LogP contribution in [0, 0.1) is 11.8 Å². The Labute approximate surface area is 132 Å². The maximum absolute atomic E-state index is 12.5. The van der Waals surface area contributed by atoms with Crippen molar-refractivity contribution in [2.75, 3.05) is 6.54 Å². The first-order valence-electron chi connectivity index (χ1n) is 8.51. The van der Waals surface area contributed by atoms with E-state index in [2.05, 4.69) is 24.4 Å². The van der Waals surface area contributed by atoms with Crippen LogP contribution in [0.2, 0.25) is 0 Å². The average molecular weight is 298 g/mol. The van der Waals surface area contributed by atoms with Crippen LogP contribution >= 0.6 is 0 Å². The zero-order valence-electron chi connectivity index (χ0n) is 13.6. The summed E-state index contributed by atoms with van der Waals surface area (Å²) >= 11 is 0. The molecule has 0 radical (unpaired) electrons. The summed E-state index contributed by atoms with van der Waals surface area (Å²) in [5, 5.41) is 4.27. The van der Waals surface area contributed by atoms with Crippen LogP contribution in [0.5, 0.6) is 0 Å². The standard InChI is InChI=1S/C19H26N2O/c1-3-14-8-10-15(11-9-14)13-20-19(22)18-12-16-6-4-5-7-17(16)21(18)2/h4-7,12,14-15H,3,8-11,13H2,1-2H3,(H,20,22). The summed E-state index contributed by atoms with van der Waals surface area (Å²) in [5.74, 6) is 1.61. The van der Waals surface area contributed by atoms with Gasteiger partial charge >= 0.3 is 0 Å². The van der Waals surface area contributed by atoms with E-state index in [0.29, 0.717) is 5.92 Å². The number of carbonyl (C=O) groups excluding carboxylic acids is 1. The van der Waals surface area contributed by atoms with E-state index in [4.69, 9.17) is 0 Å². The molecular formula is C19H26N2O. The van der Waals surface area contributed by atoms with Crippen LogP contribution < -0.4 is 5.32 Å². The molecule has 2 aromatic rings. The third kappa shape index (κ3) is 3.03. The maximum Gasteiger partial charge on any atom is 0.267 e. The topological polar surface area (TPSA) is 34.0 Å². The molecule has 3 heteroatoms. The third-order valence-corrected chi connectivity index (χ3v) is 5.28. The minimum Gasteiger partial charge on any atom is -0.350 e. The molecule has 0 bridgehead atoms. The predicted molar refractivity (Wildman–Crippen MR) is 91.0 cm³/mol. The fraction of sp³-hybridized carbons (Fsp3) is 0.526. The van der Waals surface area contributed by atoms with Gasteiger partial charge in [0, 0.05) is 24.5 Å². The molecule has 0 unspecified atom stereocenters. The molecule has 0 aliphatic heterocycles. The Kier molecular flexibility index (Phi) is 4.51. The summed E-state index contributed by atoms with van der Waals surface area (Å²) in [5.41, 5.74) is 1.86. The first kappa shape index (κ1) is 15.1. The van der Waals surface area contributed by atoms with Gasteiger partial charge in [-0.05, 0) is 36.8 Å². The molecule has 0 saturated heterocycles. The van der Waals surface area contributed by atoms with Gasteiger partial charge < -0.3 is 9.88 Å². The smallest absolute Gasteiger partial charge is 0.267 e. The molecule has 0 spiro atoms. The number of rotatable bonds is 4. The van der Waals surface area contributed by atoms with Crippen LogP contribution in [0.15, 0.2) is 30.3 Å². The Morgan fingerprint density at radius 1 is 1.18 bits per heavy atom. The van der Waals surface area contributed by atoms with Gasteiger partial charge in [-0.1, -0.05) is 44.4 Å². The Bertz CT molecular complexity index is 650. The van der Waals surface area contributed by atoms with Crippen molar-refractivity contribution in [2.45, 2.75) is 39.0 Å². The van der Waals surface area contributed by atoms with Crippen molar-refractivity contribution in [1.82, 2.24) is 9.88 Å². The van der Waals surface area contributed by atoms with Gasteiger partial charge in [-0.3, -0.25) is 4.79 Å². The van der Waals surface area contributed by atoms with Gasteiger partial charge in [-0.2, -0.15) is 0 Å². The van der Waals surface area contributed by atoms with Gasteiger partial charge in [0.25, 0.3) is 5.91 Å². The van der Waals surface area contributed by atoms with Crippen LogP contribution in [0.4, 0.5) is 0 Å². The first-order valence-corrected chi connectivity index (χ1v) is 8.51. The number of benzene rings is 1. The van der Waals surface area contributed by atoms with Crippen molar-refractivity contribution in [3.63, 3.8) is 0 Å². The van der Waals surface area contributed by atoms with Gasteiger partial charge in [0.1, 0.15) is 5.69 Å². The van der Waals surface area contributed by atoms with Crippen molar-refractivity contribution in [3.05, 3.63) is 36.0 Å². The van der Waals surface area contributed by atoms with Crippen molar-refractivity contribution in [3.8, 4) is 0 Å². The highest BCUT2D eigenvalue weighted by atomic mass is 16.1. The van der Waals surface area contributed by atoms with Gasteiger partial charge in [0.2, 0.25) is 0 Å². The van der Waals surface area contributed by atoms with E-state index in [0.717, 1.165) is 29.1 Å². The fourth-order valence-electron chi connectivity index (χ4n) is 3.68. The molecule has 0 atom stereocenters. The van der Waals surface area contributed by atoms with E-state index in [9.17, 15) is 4.79 Å². The van der Waals surface area contributed by atoms with Crippen molar-refractivity contribution >= 4 is 16.8 Å². The number of fused-ring (bicyclic) bond motifs is 1. The minimum atomic E-state index is 0.0521. The molecule has 22 heavy (non-hydrogen) atoms. The SMILES string of the molecule is CCC1CCC(CNC(=O)c2cc3ccccc3n2C)CC1. The Balaban J connectivity index is 1.61. The quantitative estimate of drug-likeness (QED) is 0.905. The molecule has 3 rings (SSSR count). The van der Waals surface area contributed by atoms with Crippen LogP contribution in [0.1, 0.15) is 49.5 Å². The molecule has 118 valence electrons. The first-order chi connectivity index (χ1) is 10.7. The summed E-state index contributed by atoms with van der Waals surface area (Å²) in [7, 11) is 1.96. The lowest BCUT2D eigenvalue weighted by molar-refractivity contribution is 0.0933. The number of nitrogens with zero attached hydrogens (tertiary/aromatic N) is 1. The molecule has 1 amide bonds. The van der Waals surface area contributed by atoms with Crippen molar-refractivity contribution < 1.29 is 4.79 Å². The van der Waals surface area contributed by atoms with Crippen molar-refractivity contribution in [2.24, 2.45) is 18.9 Å². The Morgan fingerprint density at radius 3 is 2.55 bits per heavy atom. The van der Waals surface area contributed by atoms with Crippen molar-refractivity contribution in [1.29, 1.82) is 0 Å². The van der Waals surface area contributed by atoms with Gasteiger partial charge in [-0.15, -0.1) is 0 Å². The average Bonchev–Trinajstić information content (AvgIpc) is 2.90.